The Morgan fingerprint density at radius 1 is 1.33 bits per heavy atom. The Morgan fingerprint density at radius 2 is 2.10 bits per heavy atom. The van der Waals surface area contributed by atoms with Crippen molar-refractivity contribution in [2.45, 2.75) is 51.9 Å². The summed E-state index contributed by atoms with van der Waals surface area (Å²) in [5.41, 5.74) is 1.94. The van der Waals surface area contributed by atoms with Crippen LogP contribution in [0.25, 0.3) is 0 Å². The molecule has 3 rings (SSSR count). The van der Waals surface area contributed by atoms with Gasteiger partial charge in [0.1, 0.15) is 11.5 Å². The number of ketones is 1. The highest BCUT2D eigenvalue weighted by Crippen LogP contribution is 2.50. The van der Waals surface area contributed by atoms with Gasteiger partial charge in [0.05, 0.1) is 12.2 Å². The van der Waals surface area contributed by atoms with Crippen LogP contribution in [-0.2, 0) is 14.3 Å². The molecule has 1 aromatic heterocycles. The molecule has 158 valence electrons. The van der Waals surface area contributed by atoms with E-state index < -0.39 is 4.93 Å². The number of rotatable bonds is 4. The fourth-order valence-electron chi connectivity index (χ4n) is 3.82. The van der Waals surface area contributed by atoms with Crippen LogP contribution in [-0.4, -0.2) is 28.3 Å². The largest absolute Gasteiger partial charge is 0.469 e. The van der Waals surface area contributed by atoms with E-state index in [4.69, 9.17) is 9.47 Å². The summed E-state index contributed by atoms with van der Waals surface area (Å²) in [7, 11) is 0. The topological polar surface area (TPSA) is 65.5 Å². The molecule has 6 heteroatoms. The lowest BCUT2D eigenvalue weighted by atomic mass is 9.71. The number of aromatic nitrogens is 1. The van der Waals surface area contributed by atoms with Gasteiger partial charge in [-0.3, -0.25) is 4.79 Å². The second kappa shape index (κ2) is 8.69. The Kier molecular flexibility index (Phi) is 6.42. The molecular weight excluding hydrogens is 398 g/mol. The fraction of sp³-hybridized carbons (Fsp3) is 0.458. The minimum absolute atomic E-state index is 0.00175. The molecule has 1 aliphatic heterocycles. The van der Waals surface area contributed by atoms with Gasteiger partial charge in [-0.1, -0.05) is 32.8 Å². The van der Waals surface area contributed by atoms with Crippen LogP contribution in [0.15, 0.2) is 41.8 Å². The van der Waals surface area contributed by atoms with E-state index in [0.29, 0.717) is 30.7 Å². The molecule has 2 unspecified atom stereocenters. The Balaban J connectivity index is 1.74. The van der Waals surface area contributed by atoms with Crippen molar-refractivity contribution in [1.29, 1.82) is 0 Å². The van der Waals surface area contributed by atoms with Crippen LogP contribution in [0.4, 0.5) is 0 Å². The van der Waals surface area contributed by atoms with Crippen LogP contribution in [0.1, 0.15) is 63.0 Å². The van der Waals surface area contributed by atoms with Gasteiger partial charge in [-0.25, -0.2) is 9.78 Å². The number of hydrogen-bond acceptors (Lipinski definition) is 6. The Labute approximate surface area is 183 Å². The number of esters is 1. The second-order valence-electron chi connectivity index (χ2n) is 8.16. The number of ether oxygens (including phenoxy) is 2. The fourth-order valence-corrected chi connectivity index (χ4v) is 4.47. The van der Waals surface area contributed by atoms with E-state index >= 15 is 0 Å². The summed E-state index contributed by atoms with van der Waals surface area (Å²) in [4.78, 5) is 27.2. The van der Waals surface area contributed by atoms with Crippen LogP contribution in [0.3, 0.4) is 0 Å². The average molecular weight is 426 g/mol. The Morgan fingerprint density at radius 3 is 2.73 bits per heavy atom. The van der Waals surface area contributed by atoms with Crippen LogP contribution in [0.2, 0.25) is 0 Å². The first-order valence-electron chi connectivity index (χ1n) is 10.2. The van der Waals surface area contributed by atoms with E-state index in [0.717, 1.165) is 17.8 Å². The highest BCUT2D eigenvalue weighted by molar-refractivity contribution is 7.82. The zero-order chi connectivity index (χ0) is 21.9. The van der Waals surface area contributed by atoms with E-state index in [-0.39, 0.29) is 23.1 Å². The molecular formula is C24H27NO4S. The number of Topliss-reactive ketones (excluding diaryl/α,β-unsaturated/α-hetero) is 1. The first-order valence-corrected chi connectivity index (χ1v) is 10.6. The van der Waals surface area contributed by atoms with E-state index in [1.165, 1.54) is 6.20 Å². The zero-order valence-electron chi connectivity index (χ0n) is 17.8. The van der Waals surface area contributed by atoms with Crippen molar-refractivity contribution in [3.8, 4) is 11.8 Å². The first kappa shape index (κ1) is 22.2. The lowest BCUT2D eigenvalue weighted by molar-refractivity contribution is -0.133. The molecule has 1 aliphatic carbocycles. The molecule has 0 bridgehead atoms. The van der Waals surface area contributed by atoms with Gasteiger partial charge in [0, 0.05) is 25.0 Å². The molecule has 2 aliphatic rings. The van der Waals surface area contributed by atoms with Crippen LogP contribution < -0.4 is 0 Å². The van der Waals surface area contributed by atoms with Crippen molar-refractivity contribution in [3.05, 3.63) is 53.1 Å². The number of nitrogens with zero attached hydrogens (tertiary/aromatic N) is 1. The van der Waals surface area contributed by atoms with E-state index in [1.807, 2.05) is 19.1 Å². The van der Waals surface area contributed by atoms with Gasteiger partial charge in [0.15, 0.2) is 5.78 Å². The third-order valence-electron chi connectivity index (χ3n) is 5.40. The molecule has 0 fully saturated rings. The summed E-state index contributed by atoms with van der Waals surface area (Å²) < 4.78 is 11.0. The number of carbonyl (C=O) groups is 2. The number of pyridine rings is 1. The molecule has 0 aromatic carbocycles. The number of allylic oxidation sites excluding steroid dienone is 3. The third kappa shape index (κ3) is 4.62. The molecule has 0 amide bonds. The summed E-state index contributed by atoms with van der Waals surface area (Å²) in [5.74, 6) is 6.69. The number of hydrogen-bond donors (Lipinski definition) is 1. The van der Waals surface area contributed by atoms with Crippen molar-refractivity contribution in [2.75, 3.05) is 6.61 Å². The number of thiol groups is 1. The van der Waals surface area contributed by atoms with E-state index in [2.05, 4.69) is 43.3 Å². The maximum Gasteiger partial charge on any atom is 0.339 e. The SMILES string of the molecule is CCOC(=O)c1ccc(C#CC2C=CC3=C(C2)C(C)(C)CC(S)(C(=O)CC)O3)nc1. The van der Waals surface area contributed by atoms with Crippen molar-refractivity contribution in [2.24, 2.45) is 11.3 Å². The summed E-state index contributed by atoms with van der Waals surface area (Å²) in [6, 6.07) is 3.39. The van der Waals surface area contributed by atoms with Crippen molar-refractivity contribution in [1.82, 2.24) is 4.98 Å². The summed E-state index contributed by atoms with van der Waals surface area (Å²) in [6.07, 6.45) is 7.03. The quantitative estimate of drug-likeness (QED) is 0.437. The highest BCUT2D eigenvalue weighted by atomic mass is 32.1. The summed E-state index contributed by atoms with van der Waals surface area (Å²) in [6.45, 7) is 8.17. The summed E-state index contributed by atoms with van der Waals surface area (Å²) in [5, 5.41) is 0. The Bertz CT molecular complexity index is 965. The van der Waals surface area contributed by atoms with Gasteiger partial charge in [-0.15, -0.1) is 12.6 Å². The van der Waals surface area contributed by atoms with E-state index in [9.17, 15) is 9.59 Å². The second-order valence-corrected chi connectivity index (χ2v) is 8.88. The third-order valence-corrected chi connectivity index (χ3v) is 5.89. The predicted octanol–water partition coefficient (Wildman–Crippen LogP) is 4.49. The van der Waals surface area contributed by atoms with Crippen molar-refractivity contribution in [3.63, 3.8) is 0 Å². The molecule has 0 saturated heterocycles. The van der Waals surface area contributed by atoms with Gasteiger partial charge in [0.2, 0.25) is 4.93 Å². The number of carbonyl (C=O) groups excluding carboxylic acids is 2. The standard InChI is InChI=1S/C24H27NO4S/c1-5-21(26)24(30)15-23(3,4)19-13-16(8-12-20(19)29-24)7-10-18-11-9-17(14-25-18)22(27)28-6-2/h8-9,11-12,14,16,30H,5-6,13,15H2,1-4H3. The smallest absolute Gasteiger partial charge is 0.339 e. The highest BCUT2D eigenvalue weighted by Gasteiger charge is 2.48. The molecule has 2 heterocycles. The first-order chi connectivity index (χ1) is 14.2. The average Bonchev–Trinajstić information content (AvgIpc) is 2.71. The van der Waals surface area contributed by atoms with Crippen LogP contribution in [0, 0.1) is 23.2 Å². The Hall–Kier alpha value is -2.52. The van der Waals surface area contributed by atoms with Gasteiger partial charge in [-0.2, -0.15) is 0 Å². The maximum atomic E-state index is 12.4. The molecule has 2 atom stereocenters. The molecule has 1 aromatic rings. The molecule has 0 saturated carbocycles. The molecule has 0 N–H and O–H groups in total. The molecule has 5 nitrogen and oxygen atoms in total. The van der Waals surface area contributed by atoms with Gasteiger partial charge in [0.25, 0.3) is 0 Å². The minimum Gasteiger partial charge on any atom is -0.469 e. The van der Waals surface area contributed by atoms with Gasteiger partial charge in [-0.05, 0) is 48.5 Å². The molecule has 0 radical (unpaired) electrons. The van der Waals surface area contributed by atoms with Crippen molar-refractivity contribution < 1.29 is 19.1 Å². The minimum atomic E-state index is -1.08. The van der Waals surface area contributed by atoms with Crippen molar-refractivity contribution >= 4 is 24.4 Å². The maximum absolute atomic E-state index is 12.4. The lowest BCUT2D eigenvalue weighted by Crippen LogP contribution is -2.45. The van der Waals surface area contributed by atoms with E-state index in [1.54, 1.807) is 19.1 Å². The lowest BCUT2D eigenvalue weighted by Gasteiger charge is -2.45. The monoisotopic (exact) mass is 425 g/mol. The molecule has 30 heavy (non-hydrogen) atoms. The zero-order valence-corrected chi connectivity index (χ0v) is 18.7. The van der Waals surface area contributed by atoms with Gasteiger partial charge >= 0.3 is 5.97 Å². The predicted molar refractivity (Wildman–Crippen MR) is 118 cm³/mol. The molecule has 0 spiro atoms. The normalized spacial score (nSPS) is 24.2. The van der Waals surface area contributed by atoms with Crippen LogP contribution in [0.5, 0.6) is 0 Å². The van der Waals surface area contributed by atoms with Gasteiger partial charge < -0.3 is 9.47 Å². The summed E-state index contributed by atoms with van der Waals surface area (Å²) >= 11 is 4.59. The van der Waals surface area contributed by atoms with Crippen LogP contribution >= 0.6 is 12.6 Å².